The third kappa shape index (κ3) is 1.34. The van der Waals surface area contributed by atoms with E-state index in [1.54, 1.807) is 17.4 Å². The summed E-state index contributed by atoms with van der Waals surface area (Å²) >= 11 is 1.67. The summed E-state index contributed by atoms with van der Waals surface area (Å²) in [6.07, 6.45) is 0. The van der Waals surface area contributed by atoms with E-state index in [1.807, 2.05) is 13.0 Å². The summed E-state index contributed by atoms with van der Waals surface area (Å²) in [6, 6.07) is 4.85. The maximum absolute atomic E-state index is 12.9. The highest BCUT2D eigenvalue weighted by Gasteiger charge is 2.07. The Balaban J connectivity index is 2.80. The maximum atomic E-state index is 12.9. The van der Waals surface area contributed by atoms with E-state index in [2.05, 4.69) is 0 Å². The molecule has 0 spiro atoms. The van der Waals surface area contributed by atoms with Crippen LogP contribution in [-0.4, -0.2) is 0 Å². The van der Waals surface area contributed by atoms with Crippen molar-refractivity contribution in [3.8, 4) is 0 Å². The molecular formula is C10H10FNS. The zero-order chi connectivity index (χ0) is 9.42. The molecule has 1 aromatic carbocycles. The Hall–Kier alpha value is -0.930. The van der Waals surface area contributed by atoms with E-state index in [0.717, 1.165) is 15.6 Å². The lowest BCUT2D eigenvalue weighted by atomic mass is 10.1. The van der Waals surface area contributed by atoms with E-state index >= 15 is 0 Å². The Bertz CT molecular complexity index is 447. The first-order chi connectivity index (χ1) is 6.22. The molecule has 1 heterocycles. The van der Waals surface area contributed by atoms with Gasteiger partial charge in [-0.25, -0.2) is 4.39 Å². The SMILES string of the molecule is Cc1sc2ccc(F)cc2c1CN. The Morgan fingerprint density at radius 2 is 2.23 bits per heavy atom. The third-order valence-corrected chi connectivity index (χ3v) is 3.29. The molecule has 1 aromatic heterocycles. The van der Waals surface area contributed by atoms with Gasteiger partial charge in [0.1, 0.15) is 5.82 Å². The van der Waals surface area contributed by atoms with Gasteiger partial charge < -0.3 is 5.73 Å². The summed E-state index contributed by atoms with van der Waals surface area (Å²) < 4.78 is 14.0. The number of nitrogens with two attached hydrogens (primary N) is 1. The molecule has 0 fully saturated rings. The fourth-order valence-electron chi connectivity index (χ4n) is 1.50. The minimum atomic E-state index is -0.194. The van der Waals surface area contributed by atoms with Gasteiger partial charge in [0.2, 0.25) is 0 Å². The van der Waals surface area contributed by atoms with Crippen molar-refractivity contribution >= 4 is 21.4 Å². The topological polar surface area (TPSA) is 26.0 Å². The summed E-state index contributed by atoms with van der Waals surface area (Å²) in [6.45, 7) is 2.50. The first kappa shape index (κ1) is 8.66. The number of hydrogen-bond acceptors (Lipinski definition) is 2. The number of fused-ring (bicyclic) bond motifs is 1. The van der Waals surface area contributed by atoms with Gasteiger partial charge in [0.05, 0.1) is 0 Å². The standard InChI is InChI=1S/C10H10FNS/c1-6-9(5-12)8-4-7(11)2-3-10(8)13-6/h2-4H,5,12H2,1H3. The van der Waals surface area contributed by atoms with Gasteiger partial charge in [0, 0.05) is 21.5 Å². The molecule has 2 N–H and O–H groups in total. The molecule has 2 aromatic rings. The van der Waals surface area contributed by atoms with Crippen LogP contribution in [0.2, 0.25) is 0 Å². The van der Waals surface area contributed by atoms with Crippen LogP contribution in [0.4, 0.5) is 4.39 Å². The number of halogens is 1. The van der Waals surface area contributed by atoms with Crippen LogP contribution >= 0.6 is 11.3 Å². The number of rotatable bonds is 1. The van der Waals surface area contributed by atoms with Crippen molar-refractivity contribution in [3.05, 3.63) is 34.5 Å². The minimum absolute atomic E-state index is 0.194. The number of hydrogen-bond donors (Lipinski definition) is 1. The van der Waals surface area contributed by atoms with E-state index in [-0.39, 0.29) is 5.82 Å². The monoisotopic (exact) mass is 195 g/mol. The molecule has 3 heteroatoms. The molecule has 0 bridgehead atoms. The van der Waals surface area contributed by atoms with Crippen LogP contribution in [0.3, 0.4) is 0 Å². The average molecular weight is 195 g/mol. The van der Waals surface area contributed by atoms with Gasteiger partial charge >= 0.3 is 0 Å². The summed E-state index contributed by atoms with van der Waals surface area (Å²) in [7, 11) is 0. The summed E-state index contributed by atoms with van der Waals surface area (Å²) in [4.78, 5) is 1.18. The first-order valence-corrected chi connectivity index (χ1v) is 4.91. The molecule has 0 unspecified atom stereocenters. The average Bonchev–Trinajstić information content (AvgIpc) is 2.40. The number of thiophene rings is 1. The Kier molecular flexibility index (Phi) is 2.06. The smallest absolute Gasteiger partial charge is 0.123 e. The fourth-order valence-corrected chi connectivity index (χ4v) is 2.57. The van der Waals surface area contributed by atoms with Gasteiger partial charge in [-0.2, -0.15) is 0 Å². The molecule has 13 heavy (non-hydrogen) atoms. The zero-order valence-electron chi connectivity index (χ0n) is 7.30. The second-order valence-electron chi connectivity index (χ2n) is 2.98. The van der Waals surface area contributed by atoms with E-state index < -0.39 is 0 Å². The molecule has 0 saturated heterocycles. The highest BCUT2D eigenvalue weighted by atomic mass is 32.1. The van der Waals surface area contributed by atoms with Crippen LogP contribution in [0.5, 0.6) is 0 Å². The van der Waals surface area contributed by atoms with Crippen LogP contribution < -0.4 is 5.73 Å². The van der Waals surface area contributed by atoms with Gasteiger partial charge in [0.25, 0.3) is 0 Å². The van der Waals surface area contributed by atoms with E-state index in [9.17, 15) is 4.39 Å². The van der Waals surface area contributed by atoms with Crippen molar-refractivity contribution in [2.45, 2.75) is 13.5 Å². The zero-order valence-corrected chi connectivity index (χ0v) is 8.12. The third-order valence-electron chi connectivity index (χ3n) is 2.16. The second kappa shape index (κ2) is 3.09. The van der Waals surface area contributed by atoms with Crippen LogP contribution in [0.25, 0.3) is 10.1 Å². The molecule has 2 rings (SSSR count). The second-order valence-corrected chi connectivity index (χ2v) is 4.24. The van der Waals surface area contributed by atoms with Gasteiger partial charge in [-0.15, -0.1) is 11.3 Å². The lowest BCUT2D eigenvalue weighted by Gasteiger charge is -1.95. The van der Waals surface area contributed by atoms with Crippen LogP contribution in [0.15, 0.2) is 18.2 Å². The highest BCUT2D eigenvalue weighted by Crippen LogP contribution is 2.30. The quantitative estimate of drug-likeness (QED) is 0.744. The van der Waals surface area contributed by atoms with Crippen molar-refractivity contribution in [3.63, 3.8) is 0 Å². The number of benzene rings is 1. The summed E-state index contributed by atoms with van der Waals surface area (Å²) in [5, 5.41) is 0.963. The Morgan fingerprint density at radius 3 is 2.92 bits per heavy atom. The van der Waals surface area contributed by atoms with Gasteiger partial charge in [0.15, 0.2) is 0 Å². The molecule has 0 atom stereocenters. The lowest BCUT2D eigenvalue weighted by Crippen LogP contribution is -1.96. The Labute approximate surface area is 80.0 Å². The maximum Gasteiger partial charge on any atom is 0.123 e. The first-order valence-electron chi connectivity index (χ1n) is 4.10. The fraction of sp³-hybridized carbons (Fsp3) is 0.200. The van der Waals surface area contributed by atoms with E-state index in [1.165, 1.54) is 10.9 Å². The van der Waals surface area contributed by atoms with Crippen molar-refractivity contribution in [2.75, 3.05) is 0 Å². The van der Waals surface area contributed by atoms with Gasteiger partial charge in [-0.1, -0.05) is 0 Å². The van der Waals surface area contributed by atoms with Crippen molar-refractivity contribution in [1.82, 2.24) is 0 Å². The minimum Gasteiger partial charge on any atom is -0.326 e. The molecule has 0 aliphatic rings. The molecule has 0 amide bonds. The summed E-state index contributed by atoms with van der Waals surface area (Å²) in [5.74, 6) is -0.194. The summed E-state index contributed by atoms with van der Waals surface area (Å²) in [5.41, 5.74) is 6.66. The molecule has 0 radical (unpaired) electrons. The molecular weight excluding hydrogens is 185 g/mol. The molecule has 68 valence electrons. The van der Waals surface area contributed by atoms with Crippen molar-refractivity contribution in [2.24, 2.45) is 5.73 Å². The highest BCUT2D eigenvalue weighted by molar-refractivity contribution is 7.19. The lowest BCUT2D eigenvalue weighted by molar-refractivity contribution is 0.629. The normalized spacial score (nSPS) is 11.0. The Morgan fingerprint density at radius 1 is 1.46 bits per heavy atom. The largest absolute Gasteiger partial charge is 0.326 e. The van der Waals surface area contributed by atoms with Gasteiger partial charge in [-0.05, 0) is 30.7 Å². The molecule has 0 saturated carbocycles. The predicted octanol–water partition coefficient (Wildman–Crippen LogP) is 2.81. The predicted molar refractivity (Wildman–Crippen MR) is 54.4 cm³/mol. The van der Waals surface area contributed by atoms with Crippen molar-refractivity contribution < 1.29 is 4.39 Å². The molecule has 1 nitrogen and oxygen atoms in total. The van der Waals surface area contributed by atoms with Crippen LogP contribution in [0, 0.1) is 12.7 Å². The molecule has 0 aliphatic carbocycles. The molecule has 0 aliphatic heterocycles. The van der Waals surface area contributed by atoms with Gasteiger partial charge in [-0.3, -0.25) is 0 Å². The van der Waals surface area contributed by atoms with E-state index in [0.29, 0.717) is 6.54 Å². The van der Waals surface area contributed by atoms with Crippen LogP contribution in [0.1, 0.15) is 10.4 Å². The van der Waals surface area contributed by atoms with Crippen LogP contribution in [-0.2, 0) is 6.54 Å². The number of aryl methyl sites for hydroxylation is 1. The van der Waals surface area contributed by atoms with E-state index in [4.69, 9.17) is 5.73 Å². The van der Waals surface area contributed by atoms with Crippen molar-refractivity contribution in [1.29, 1.82) is 0 Å².